The van der Waals surface area contributed by atoms with Crippen LogP contribution in [0.1, 0.15) is 19.8 Å². The minimum atomic E-state index is -0.842. The fraction of sp³-hybridized carbons (Fsp3) is 0.667. The second-order valence-electron chi connectivity index (χ2n) is 4.98. The van der Waals surface area contributed by atoms with Crippen LogP contribution in [0.25, 0.3) is 0 Å². The van der Waals surface area contributed by atoms with E-state index in [2.05, 4.69) is 6.58 Å². The Hall–Kier alpha value is -1.52. The highest BCUT2D eigenvalue weighted by Gasteiger charge is 2.52. The second kappa shape index (κ2) is 4.05. The van der Waals surface area contributed by atoms with Crippen molar-refractivity contribution in [2.24, 2.45) is 5.41 Å². The third-order valence-electron chi connectivity index (χ3n) is 4.33. The van der Waals surface area contributed by atoms with Crippen molar-refractivity contribution in [1.29, 1.82) is 0 Å². The third-order valence-corrected chi connectivity index (χ3v) is 4.33. The smallest absolute Gasteiger partial charge is 0.407 e. The van der Waals surface area contributed by atoms with E-state index >= 15 is 0 Å². The van der Waals surface area contributed by atoms with E-state index in [4.69, 9.17) is 5.11 Å². The Morgan fingerprint density at radius 3 is 2.41 bits per heavy atom. The third kappa shape index (κ3) is 1.79. The average Bonchev–Trinajstić information content (AvgIpc) is 2.35. The molecule has 17 heavy (non-hydrogen) atoms. The summed E-state index contributed by atoms with van der Waals surface area (Å²) in [6.45, 7) is 7.43. The van der Waals surface area contributed by atoms with E-state index in [1.54, 1.807) is 0 Å². The van der Waals surface area contributed by atoms with Crippen LogP contribution in [-0.2, 0) is 4.79 Å². The Balaban J connectivity index is 1.95. The molecule has 0 unspecified atom stereocenters. The molecule has 5 nitrogen and oxygen atoms in total. The number of piperidine rings is 1. The molecular weight excluding hydrogens is 220 g/mol. The molecule has 0 radical (unpaired) electrons. The number of likely N-dealkylation sites (tertiary alicyclic amines) is 2. The second-order valence-corrected chi connectivity index (χ2v) is 4.98. The number of nitrogens with zero attached hydrogens (tertiary/aromatic N) is 2. The molecule has 0 aliphatic carbocycles. The zero-order chi connectivity index (χ0) is 12.6. The van der Waals surface area contributed by atoms with Gasteiger partial charge < -0.3 is 14.9 Å². The number of rotatable bonds is 1. The van der Waals surface area contributed by atoms with E-state index in [0.29, 0.717) is 13.1 Å². The van der Waals surface area contributed by atoms with E-state index in [1.807, 2.05) is 11.8 Å². The van der Waals surface area contributed by atoms with Crippen LogP contribution in [0.5, 0.6) is 0 Å². The molecule has 5 heteroatoms. The van der Waals surface area contributed by atoms with Gasteiger partial charge in [0, 0.05) is 31.1 Å². The topological polar surface area (TPSA) is 60.9 Å². The molecule has 2 rings (SSSR count). The summed E-state index contributed by atoms with van der Waals surface area (Å²) in [4.78, 5) is 25.6. The summed E-state index contributed by atoms with van der Waals surface area (Å²) >= 11 is 0. The SMILES string of the molecule is C=CC(=O)N1CC2(CCN(C(=O)O)CC2)[C@@H]1C. The molecule has 94 valence electrons. The van der Waals surface area contributed by atoms with Gasteiger partial charge in [0.2, 0.25) is 5.91 Å². The standard InChI is InChI=1S/C12H18N2O3/c1-3-10(15)14-8-12(9(14)2)4-6-13(7-5-12)11(16)17/h3,9H,1,4-8H2,2H3,(H,16,17)/t9-/m0/s1. The van der Waals surface area contributed by atoms with Crippen LogP contribution in [0.2, 0.25) is 0 Å². The van der Waals surface area contributed by atoms with E-state index < -0.39 is 6.09 Å². The summed E-state index contributed by atoms with van der Waals surface area (Å²) in [5, 5.41) is 8.89. The van der Waals surface area contributed by atoms with Crippen LogP contribution >= 0.6 is 0 Å². The number of carboxylic acid groups (broad SMARTS) is 1. The van der Waals surface area contributed by atoms with Gasteiger partial charge in [0.1, 0.15) is 0 Å². The predicted octanol–water partition coefficient (Wildman–Crippen LogP) is 1.16. The molecule has 0 aromatic carbocycles. The molecule has 0 aromatic rings. The summed E-state index contributed by atoms with van der Waals surface area (Å²) in [6.07, 6.45) is 2.20. The maximum absolute atomic E-state index is 11.5. The molecular formula is C12H18N2O3. The van der Waals surface area contributed by atoms with Crippen LogP contribution in [0.4, 0.5) is 4.79 Å². The molecule has 0 aromatic heterocycles. The lowest BCUT2D eigenvalue weighted by Crippen LogP contribution is -2.67. The Morgan fingerprint density at radius 1 is 1.41 bits per heavy atom. The molecule has 2 amide bonds. The molecule has 0 saturated carbocycles. The lowest BCUT2D eigenvalue weighted by Gasteiger charge is -2.58. The number of hydrogen-bond acceptors (Lipinski definition) is 2. The Labute approximate surface area is 101 Å². The molecule has 1 N–H and O–H groups in total. The number of carbonyl (C=O) groups is 2. The first-order chi connectivity index (χ1) is 8.00. The van der Waals surface area contributed by atoms with Crippen molar-refractivity contribution < 1.29 is 14.7 Å². The van der Waals surface area contributed by atoms with Crippen molar-refractivity contribution in [3.05, 3.63) is 12.7 Å². The van der Waals surface area contributed by atoms with Crippen molar-refractivity contribution in [1.82, 2.24) is 9.80 Å². The fourth-order valence-electron chi connectivity index (χ4n) is 2.93. The molecule has 1 spiro atoms. The van der Waals surface area contributed by atoms with Gasteiger partial charge in [-0.3, -0.25) is 4.79 Å². The molecule has 0 bridgehead atoms. The lowest BCUT2D eigenvalue weighted by atomic mass is 9.66. The summed E-state index contributed by atoms with van der Waals surface area (Å²) in [6, 6.07) is 0.198. The van der Waals surface area contributed by atoms with Crippen LogP contribution < -0.4 is 0 Å². The zero-order valence-electron chi connectivity index (χ0n) is 10.1. The van der Waals surface area contributed by atoms with E-state index in [9.17, 15) is 9.59 Å². The molecule has 1 atom stereocenters. The normalized spacial score (nSPS) is 26.5. The van der Waals surface area contributed by atoms with Gasteiger partial charge in [-0.25, -0.2) is 4.79 Å². The van der Waals surface area contributed by atoms with Crippen molar-refractivity contribution in [3.63, 3.8) is 0 Å². The van der Waals surface area contributed by atoms with Crippen molar-refractivity contribution >= 4 is 12.0 Å². The van der Waals surface area contributed by atoms with Crippen molar-refractivity contribution in [2.75, 3.05) is 19.6 Å². The Kier molecular flexibility index (Phi) is 2.85. The largest absolute Gasteiger partial charge is 0.465 e. The number of amides is 2. The maximum atomic E-state index is 11.5. The highest BCUT2D eigenvalue weighted by Crippen LogP contribution is 2.46. The van der Waals surface area contributed by atoms with Gasteiger partial charge >= 0.3 is 6.09 Å². The van der Waals surface area contributed by atoms with E-state index in [1.165, 1.54) is 11.0 Å². The van der Waals surface area contributed by atoms with Gasteiger partial charge in [0.05, 0.1) is 0 Å². The van der Waals surface area contributed by atoms with Crippen LogP contribution in [0.3, 0.4) is 0 Å². The van der Waals surface area contributed by atoms with Gasteiger partial charge in [0.25, 0.3) is 0 Å². The van der Waals surface area contributed by atoms with Gasteiger partial charge in [-0.1, -0.05) is 6.58 Å². The van der Waals surface area contributed by atoms with Crippen LogP contribution in [-0.4, -0.2) is 52.6 Å². The summed E-state index contributed by atoms with van der Waals surface area (Å²) in [5.41, 5.74) is 0.130. The van der Waals surface area contributed by atoms with Gasteiger partial charge in [0.15, 0.2) is 0 Å². The molecule has 2 saturated heterocycles. The van der Waals surface area contributed by atoms with Crippen molar-refractivity contribution in [3.8, 4) is 0 Å². The molecule has 2 aliphatic heterocycles. The monoisotopic (exact) mass is 238 g/mol. The minimum absolute atomic E-state index is 0.0243. The highest BCUT2D eigenvalue weighted by atomic mass is 16.4. The first kappa shape index (κ1) is 12.0. The first-order valence-electron chi connectivity index (χ1n) is 5.91. The Morgan fingerprint density at radius 2 is 2.00 bits per heavy atom. The number of hydrogen-bond donors (Lipinski definition) is 1. The quantitative estimate of drug-likeness (QED) is 0.697. The minimum Gasteiger partial charge on any atom is -0.465 e. The Bertz CT molecular complexity index is 359. The summed E-state index contributed by atoms with van der Waals surface area (Å²) < 4.78 is 0. The van der Waals surface area contributed by atoms with Gasteiger partial charge in [-0.2, -0.15) is 0 Å². The summed E-state index contributed by atoms with van der Waals surface area (Å²) in [5.74, 6) is -0.0243. The number of carbonyl (C=O) groups excluding carboxylic acids is 1. The van der Waals surface area contributed by atoms with E-state index in [-0.39, 0.29) is 17.4 Å². The van der Waals surface area contributed by atoms with Crippen LogP contribution in [0, 0.1) is 5.41 Å². The average molecular weight is 238 g/mol. The van der Waals surface area contributed by atoms with Crippen molar-refractivity contribution in [2.45, 2.75) is 25.8 Å². The van der Waals surface area contributed by atoms with Gasteiger partial charge in [-0.15, -0.1) is 0 Å². The zero-order valence-corrected chi connectivity index (χ0v) is 10.1. The maximum Gasteiger partial charge on any atom is 0.407 e. The van der Waals surface area contributed by atoms with E-state index in [0.717, 1.165) is 19.4 Å². The van der Waals surface area contributed by atoms with Gasteiger partial charge in [-0.05, 0) is 25.8 Å². The molecule has 2 aliphatic rings. The first-order valence-corrected chi connectivity index (χ1v) is 5.91. The summed E-state index contributed by atoms with van der Waals surface area (Å²) in [7, 11) is 0. The fourth-order valence-corrected chi connectivity index (χ4v) is 2.93. The lowest BCUT2D eigenvalue weighted by molar-refractivity contribution is -0.153. The highest BCUT2D eigenvalue weighted by molar-refractivity contribution is 5.88. The predicted molar refractivity (Wildman–Crippen MR) is 62.6 cm³/mol. The van der Waals surface area contributed by atoms with Crippen LogP contribution in [0.15, 0.2) is 12.7 Å². The molecule has 2 fully saturated rings. The molecule has 2 heterocycles.